The molecule has 2 N–H and O–H groups in total. The number of aromatic nitrogens is 1. The summed E-state index contributed by atoms with van der Waals surface area (Å²) >= 11 is 0. The molecule has 1 aromatic rings. The minimum Gasteiger partial charge on any atom is -0.501 e. The molecule has 1 heterocycles. The van der Waals surface area contributed by atoms with Crippen LogP contribution in [0.2, 0.25) is 0 Å². The Kier molecular flexibility index (Phi) is 3.36. The third-order valence-electron chi connectivity index (χ3n) is 1.60. The van der Waals surface area contributed by atoms with Crippen LogP contribution in [0.1, 0.15) is 5.56 Å². The van der Waals surface area contributed by atoms with Gasteiger partial charge in [0.2, 0.25) is 5.75 Å². The summed E-state index contributed by atoms with van der Waals surface area (Å²) in [4.78, 5) is 12.1. The largest absolute Gasteiger partial charge is 0.575 e. The van der Waals surface area contributed by atoms with Crippen molar-refractivity contribution in [2.45, 2.75) is 13.0 Å². The van der Waals surface area contributed by atoms with Gasteiger partial charge in [0.05, 0.1) is 6.61 Å². The van der Waals surface area contributed by atoms with Crippen molar-refractivity contribution in [1.29, 1.82) is 0 Å². The van der Waals surface area contributed by atoms with E-state index in [0.29, 0.717) is 6.07 Å². The number of halogens is 3. The van der Waals surface area contributed by atoms with Gasteiger partial charge in [0.25, 0.3) is 0 Å². The van der Waals surface area contributed by atoms with Crippen molar-refractivity contribution in [3.8, 4) is 11.6 Å². The van der Waals surface area contributed by atoms with Crippen molar-refractivity contribution >= 4 is 5.82 Å². The first-order chi connectivity index (χ1) is 7.74. The average molecular weight is 254 g/mol. The molecule has 0 spiro atoms. The molecule has 10 heteroatoms. The van der Waals surface area contributed by atoms with Crippen molar-refractivity contribution < 1.29 is 33.0 Å². The van der Waals surface area contributed by atoms with Crippen molar-refractivity contribution in [1.82, 2.24) is 4.98 Å². The van der Waals surface area contributed by atoms with Gasteiger partial charge in [-0.3, -0.25) is 0 Å². The van der Waals surface area contributed by atoms with Crippen molar-refractivity contribution in [3.63, 3.8) is 0 Å². The molecule has 0 aliphatic carbocycles. The molecule has 0 amide bonds. The van der Waals surface area contributed by atoms with Crippen molar-refractivity contribution in [3.05, 3.63) is 21.7 Å². The van der Waals surface area contributed by atoms with E-state index >= 15 is 0 Å². The average Bonchev–Trinajstić information content (AvgIpc) is 2.18. The lowest BCUT2D eigenvalue weighted by Gasteiger charge is -2.08. The fourth-order valence-electron chi connectivity index (χ4n) is 0.946. The first kappa shape index (κ1) is 13.0. The van der Waals surface area contributed by atoms with E-state index < -0.39 is 40.9 Å². The number of hydrogen-bond donors (Lipinski definition) is 2. The van der Waals surface area contributed by atoms with Gasteiger partial charge < -0.3 is 25.1 Å². The predicted molar refractivity (Wildman–Crippen MR) is 45.2 cm³/mol. The van der Waals surface area contributed by atoms with E-state index in [1.54, 1.807) is 0 Å². The van der Waals surface area contributed by atoms with Crippen molar-refractivity contribution in [2.24, 2.45) is 0 Å². The highest BCUT2D eigenvalue weighted by Crippen LogP contribution is 2.34. The monoisotopic (exact) mass is 254 g/mol. The van der Waals surface area contributed by atoms with Gasteiger partial charge >= 0.3 is 18.1 Å². The van der Waals surface area contributed by atoms with Gasteiger partial charge in [-0.05, 0) is 4.92 Å². The molecule has 0 radical (unpaired) electrons. The third kappa shape index (κ3) is 3.17. The molecular formula is C7H5F3N2O5. The molecule has 0 bridgehead atoms. The molecule has 17 heavy (non-hydrogen) atoms. The second-order valence-electron chi connectivity index (χ2n) is 2.76. The standard InChI is InChI=1S/C7H5F3N2O5/c8-7(9,10)17-6-5(14)3(2-13)1-4(11-6)12(15)16/h1,13-14H,2H2. The Morgan fingerprint density at radius 2 is 2.12 bits per heavy atom. The second kappa shape index (κ2) is 4.41. The summed E-state index contributed by atoms with van der Waals surface area (Å²) in [5.41, 5.74) is -0.494. The van der Waals surface area contributed by atoms with Crippen LogP contribution in [-0.4, -0.2) is 26.5 Å². The molecule has 0 aliphatic heterocycles. The maximum Gasteiger partial charge on any atom is 0.575 e. The quantitative estimate of drug-likeness (QED) is 0.617. The SMILES string of the molecule is O=[N+]([O-])c1cc(CO)c(O)c(OC(F)(F)F)n1. The number of aliphatic hydroxyl groups is 1. The van der Waals surface area contributed by atoms with E-state index in [1.807, 2.05) is 0 Å². The van der Waals surface area contributed by atoms with Gasteiger partial charge in [0.1, 0.15) is 0 Å². The van der Waals surface area contributed by atoms with Crippen LogP contribution in [-0.2, 0) is 6.61 Å². The Hall–Kier alpha value is -2.10. The Labute approximate surface area is 91.2 Å². The lowest BCUT2D eigenvalue weighted by atomic mass is 10.2. The molecule has 0 fully saturated rings. The number of pyridine rings is 1. The molecular weight excluding hydrogens is 249 g/mol. The van der Waals surface area contributed by atoms with Crippen LogP contribution < -0.4 is 4.74 Å². The number of rotatable bonds is 3. The Morgan fingerprint density at radius 3 is 2.53 bits per heavy atom. The van der Waals surface area contributed by atoms with E-state index in [9.17, 15) is 28.4 Å². The lowest BCUT2D eigenvalue weighted by molar-refractivity contribution is -0.390. The van der Waals surface area contributed by atoms with E-state index in [-0.39, 0.29) is 0 Å². The van der Waals surface area contributed by atoms with Crippen molar-refractivity contribution in [2.75, 3.05) is 0 Å². The highest BCUT2D eigenvalue weighted by atomic mass is 19.4. The number of nitro groups is 1. The normalized spacial score (nSPS) is 11.3. The zero-order valence-electron chi connectivity index (χ0n) is 7.93. The summed E-state index contributed by atoms with van der Waals surface area (Å²) in [6, 6.07) is 0.637. The van der Waals surface area contributed by atoms with Crippen LogP contribution in [0.3, 0.4) is 0 Å². The summed E-state index contributed by atoms with van der Waals surface area (Å²) in [6.45, 7) is -0.899. The van der Waals surface area contributed by atoms with Gasteiger partial charge in [-0.25, -0.2) is 0 Å². The van der Waals surface area contributed by atoms with Crippen LogP contribution >= 0.6 is 0 Å². The molecule has 0 unspecified atom stereocenters. The number of aromatic hydroxyl groups is 1. The maximum atomic E-state index is 11.9. The fourth-order valence-corrected chi connectivity index (χ4v) is 0.946. The Bertz CT molecular complexity index is 448. The fraction of sp³-hybridized carbons (Fsp3) is 0.286. The van der Waals surface area contributed by atoms with Crippen LogP contribution in [0.4, 0.5) is 19.0 Å². The van der Waals surface area contributed by atoms with Gasteiger partial charge in [0, 0.05) is 16.6 Å². The molecule has 0 saturated carbocycles. The number of ether oxygens (including phenoxy) is 1. The molecule has 0 atom stereocenters. The minimum absolute atomic E-state index is 0.494. The molecule has 94 valence electrons. The summed E-state index contributed by atoms with van der Waals surface area (Å²) in [6.07, 6.45) is -5.16. The summed E-state index contributed by atoms with van der Waals surface area (Å²) in [5.74, 6) is -3.46. The summed E-state index contributed by atoms with van der Waals surface area (Å²) in [5, 5.41) is 28.2. The number of aliphatic hydroxyl groups excluding tert-OH is 1. The molecule has 0 aliphatic rings. The van der Waals surface area contributed by atoms with E-state index in [2.05, 4.69) is 9.72 Å². The van der Waals surface area contributed by atoms with Gasteiger partial charge in [-0.2, -0.15) is 0 Å². The molecule has 1 rings (SSSR count). The van der Waals surface area contributed by atoms with Gasteiger partial charge in [-0.1, -0.05) is 0 Å². The summed E-state index contributed by atoms with van der Waals surface area (Å²) < 4.78 is 38.9. The third-order valence-corrected chi connectivity index (χ3v) is 1.60. The first-order valence-corrected chi connectivity index (χ1v) is 3.98. The molecule has 7 nitrogen and oxygen atoms in total. The van der Waals surface area contributed by atoms with Crippen LogP contribution in [0, 0.1) is 10.1 Å². The van der Waals surface area contributed by atoms with E-state index in [4.69, 9.17) is 5.11 Å². The highest BCUT2D eigenvalue weighted by Gasteiger charge is 2.36. The molecule has 1 aromatic heterocycles. The number of hydrogen-bond acceptors (Lipinski definition) is 6. The molecule has 0 aromatic carbocycles. The van der Waals surface area contributed by atoms with E-state index in [1.165, 1.54) is 0 Å². The Morgan fingerprint density at radius 1 is 1.53 bits per heavy atom. The first-order valence-electron chi connectivity index (χ1n) is 3.98. The smallest absolute Gasteiger partial charge is 0.501 e. The van der Waals surface area contributed by atoms with E-state index in [0.717, 1.165) is 0 Å². The maximum absolute atomic E-state index is 11.9. The van der Waals surface area contributed by atoms with Crippen LogP contribution in [0.25, 0.3) is 0 Å². The topological polar surface area (TPSA) is 106 Å². The zero-order chi connectivity index (χ0) is 13.2. The summed E-state index contributed by atoms with van der Waals surface area (Å²) in [7, 11) is 0. The predicted octanol–water partition coefficient (Wildman–Crippen LogP) is 1.09. The number of alkyl halides is 3. The highest BCUT2D eigenvalue weighted by molar-refractivity contribution is 5.45. The van der Waals surface area contributed by atoms with Gasteiger partial charge in [0.15, 0.2) is 0 Å². The van der Waals surface area contributed by atoms with Crippen LogP contribution in [0.5, 0.6) is 11.6 Å². The Balaban J connectivity index is 3.28. The number of nitrogens with zero attached hydrogens (tertiary/aromatic N) is 2. The van der Waals surface area contributed by atoms with Crippen LogP contribution in [0.15, 0.2) is 6.07 Å². The van der Waals surface area contributed by atoms with Gasteiger partial charge in [-0.15, -0.1) is 13.2 Å². The zero-order valence-corrected chi connectivity index (χ0v) is 7.93. The lowest BCUT2D eigenvalue weighted by Crippen LogP contribution is -2.18. The second-order valence-corrected chi connectivity index (χ2v) is 2.76. The molecule has 0 saturated heterocycles. The minimum atomic E-state index is -5.16.